The average Bonchev–Trinajstić information content (AvgIpc) is 2.75. The zero-order valence-electron chi connectivity index (χ0n) is 18.4. The number of guanidine groups is 1. The van der Waals surface area contributed by atoms with Crippen molar-refractivity contribution in [2.75, 3.05) is 66.7 Å². The minimum Gasteiger partial charge on any atom is -0.493 e. The highest BCUT2D eigenvalue weighted by Crippen LogP contribution is 2.33. The van der Waals surface area contributed by atoms with Gasteiger partial charge in [-0.05, 0) is 42.5 Å². The molecule has 2 aliphatic heterocycles. The fraction of sp³-hybridized carbons (Fsp3) is 0.682. The third-order valence-electron chi connectivity index (χ3n) is 5.58. The lowest BCUT2D eigenvalue weighted by Gasteiger charge is -2.33. The number of fused-ring (bicyclic) bond motifs is 1. The Balaban J connectivity index is 1.65. The molecule has 1 atom stereocenters. The summed E-state index contributed by atoms with van der Waals surface area (Å²) in [7, 11) is 3.37. The van der Waals surface area contributed by atoms with E-state index in [-0.39, 0.29) is 0 Å². The molecule has 7 nitrogen and oxygen atoms in total. The number of methoxy groups -OCH3 is 2. The maximum Gasteiger partial charge on any atom is 0.194 e. The van der Waals surface area contributed by atoms with Gasteiger partial charge in [0.25, 0.3) is 0 Å². The van der Waals surface area contributed by atoms with Crippen molar-refractivity contribution in [1.82, 2.24) is 15.1 Å². The molecule has 0 aromatic heterocycles. The van der Waals surface area contributed by atoms with Gasteiger partial charge in [0.1, 0.15) is 0 Å². The number of nitrogens with one attached hydrogen (secondary N) is 1. The third-order valence-corrected chi connectivity index (χ3v) is 5.58. The summed E-state index contributed by atoms with van der Waals surface area (Å²) in [5.41, 5.74) is 2.61. The number of rotatable bonds is 7. The molecule has 2 aliphatic rings. The second-order valence-corrected chi connectivity index (χ2v) is 7.86. The monoisotopic (exact) mass is 404 g/mol. The number of hydrogen-bond donors (Lipinski definition) is 1. The van der Waals surface area contributed by atoms with Crippen LogP contribution in [0, 0.1) is 5.92 Å². The first kappa shape index (κ1) is 21.7. The Labute approximate surface area is 175 Å². The molecule has 1 N–H and O–H groups in total. The van der Waals surface area contributed by atoms with Crippen LogP contribution in [0.5, 0.6) is 11.5 Å². The molecule has 0 saturated carbocycles. The van der Waals surface area contributed by atoms with Crippen LogP contribution in [-0.4, -0.2) is 82.5 Å². The lowest BCUT2D eigenvalue weighted by molar-refractivity contribution is 0.0323. The Bertz CT molecular complexity index is 689. The highest BCUT2D eigenvalue weighted by atomic mass is 16.5. The van der Waals surface area contributed by atoms with Gasteiger partial charge in [0.05, 0.1) is 27.4 Å². The van der Waals surface area contributed by atoms with Crippen LogP contribution in [0.2, 0.25) is 0 Å². The van der Waals surface area contributed by atoms with Crippen LogP contribution >= 0.6 is 0 Å². The minimum atomic E-state index is 0.517. The lowest BCUT2D eigenvalue weighted by Crippen LogP contribution is -2.44. The fourth-order valence-corrected chi connectivity index (χ4v) is 4.01. The molecule has 162 valence electrons. The number of ether oxygens (including phenoxy) is 3. The van der Waals surface area contributed by atoms with Crippen LogP contribution in [0.15, 0.2) is 17.1 Å². The van der Waals surface area contributed by atoms with Crippen molar-refractivity contribution in [2.45, 2.75) is 26.8 Å². The Morgan fingerprint density at radius 2 is 1.83 bits per heavy atom. The van der Waals surface area contributed by atoms with Crippen molar-refractivity contribution in [3.63, 3.8) is 0 Å². The molecule has 0 spiro atoms. The van der Waals surface area contributed by atoms with Gasteiger partial charge >= 0.3 is 0 Å². The summed E-state index contributed by atoms with van der Waals surface area (Å²) in [6.45, 7) is 12.7. The Morgan fingerprint density at radius 3 is 2.48 bits per heavy atom. The fourth-order valence-electron chi connectivity index (χ4n) is 4.01. The summed E-state index contributed by atoms with van der Waals surface area (Å²) in [5, 5.41) is 3.48. The van der Waals surface area contributed by atoms with Crippen LogP contribution in [0.1, 0.15) is 25.0 Å². The molecule has 1 unspecified atom stereocenters. The van der Waals surface area contributed by atoms with E-state index in [0.29, 0.717) is 5.92 Å². The molecule has 1 aromatic rings. The molecule has 1 saturated heterocycles. The minimum absolute atomic E-state index is 0.517. The van der Waals surface area contributed by atoms with E-state index in [1.54, 1.807) is 14.2 Å². The van der Waals surface area contributed by atoms with E-state index in [1.165, 1.54) is 11.1 Å². The van der Waals surface area contributed by atoms with Gasteiger partial charge in [0.15, 0.2) is 17.5 Å². The summed E-state index contributed by atoms with van der Waals surface area (Å²) >= 11 is 0. The number of aliphatic imine (C=N–C) groups is 1. The molecule has 3 rings (SSSR count). The number of benzene rings is 1. The van der Waals surface area contributed by atoms with Crippen molar-refractivity contribution in [3.8, 4) is 11.5 Å². The molecule has 0 aliphatic carbocycles. The first-order valence-electron chi connectivity index (χ1n) is 10.7. The van der Waals surface area contributed by atoms with E-state index < -0.39 is 0 Å². The highest BCUT2D eigenvalue weighted by Gasteiger charge is 2.22. The maximum atomic E-state index is 5.49. The summed E-state index contributed by atoms with van der Waals surface area (Å²) in [6.07, 6.45) is 0.976. The number of hydrogen-bond acceptors (Lipinski definition) is 5. The standard InChI is InChI=1S/C22H36N4O3/c1-5-23-22(24-14-17(2)15-25-8-10-29-11-9-25)26-7-6-18-12-20(27-3)21(28-4)13-19(18)16-26/h12-13,17H,5-11,14-16H2,1-4H3,(H,23,24). The van der Waals surface area contributed by atoms with Gasteiger partial charge in [-0.25, -0.2) is 0 Å². The van der Waals surface area contributed by atoms with E-state index >= 15 is 0 Å². The largest absolute Gasteiger partial charge is 0.493 e. The Hall–Kier alpha value is -1.99. The van der Waals surface area contributed by atoms with E-state index in [1.807, 2.05) is 0 Å². The normalized spacial score (nSPS) is 18.9. The van der Waals surface area contributed by atoms with E-state index in [4.69, 9.17) is 19.2 Å². The Kier molecular flexibility index (Phi) is 8.00. The number of nitrogens with zero attached hydrogens (tertiary/aromatic N) is 3. The molecular formula is C22H36N4O3. The third kappa shape index (κ3) is 5.76. The van der Waals surface area contributed by atoms with Crippen molar-refractivity contribution in [3.05, 3.63) is 23.3 Å². The topological polar surface area (TPSA) is 58.6 Å². The summed E-state index contributed by atoms with van der Waals surface area (Å²) in [5.74, 6) is 3.11. The lowest BCUT2D eigenvalue weighted by atomic mass is 9.99. The summed E-state index contributed by atoms with van der Waals surface area (Å²) in [4.78, 5) is 9.80. The SMILES string of the molecule is CCNC(=NCC(C)CN1CCOCC1)N1CCc2cc(OC)c(OC)cc2C1. The molecule has 1 aromatic carbocycles. The molecule has 2 heterocycles. The van der Waals surface area contributed by atoms with Gasteiger partial charge in [-0.1, -0.05) is 6.92 Å². The van der Waals surface area contributed by atoms with Crippen LogP contribution in [0.4, 0.5) is 0 Å². The first-order chi connectivity index (χ1) is 14.1. The van der Waals surface area contributed by atoms with Crippen LogP contribution in [-0.2, 0) is 17.7 Å². The first-order valence-corrected chi connectivity index (χ1v) is 10.7. The predicted octanol–water partition coefficient (Wildman–Crippen LogP) is 2.00. The predicted molar refractivity (Wildman–Crippen MR) is 116 cm³/mol. The van der Waals surface area contributed by atoms with Gasteiger partial charge in [0.2, 0.25) is 0 Å². The van der Waals surface area contributed by atoms with Gasteiger partial charge in [-0.15, -0.1) is 0 Å². The van der Waals surface area contributed by atoms with Gasteiger partial charge in [-0.2, -0.15) is 0 Å². The van der Waals surface area contributed by atoms with Gasteiger partial charge < -0.3 is 24.4 Å². The Morgan fingerprint density at radius 1 is 1.14 bits per heavy atom. The number of morpholine rings is 1. The molecule has 0 bridgehead atoms. The van der Waals surface area contributed by atoms with E-state index in [2.05, 4.69) is 41.1 Å². The highest BCUT2D eigenvalue weighted by molar-refractivity contribution is 5.80. The van der Waals surface area contributed by atoms with Gasteiger partial charge in [0, 0.05) is 45.8 Å². The molecule has 0 radical (unpaired) electrons. The molecule has 1 fully saturated rings. The summed E-state index contributed by atoms with van der Waals surface area (Å²) < 4.78 is 16.4. The van der Waals surface area contributed by atoms with Crippen molar-refractivity contribution in [1.29, 1.82) is 0 Å². The maximum absolute atomic E-state index is 5.49. The smallest absolute Gasteiger partial charge is 0.194 e. The quantitative estimate of drug-likeness (QED) is 0.554. The van der Waals surface area contributed by atoms with E-state index in [0.717, 1.165) is 82.9 Å². The summed E-state index contributed by atoms with van der Waals surface area (Å²) in [6, 6.07) is 4.21. The van der Waals surface area contributed by atoms with Gasteiger partial charge in [-0.3, -0.25) is 9.89 Å². The van der Waals surface area contributed by atoms with Crippen LogP contribution in [0.25, 0.3) is 0 Å². The van der Waals surface area contributed by atoms with Crippen molar-refractivity contribution >= 4 is 5.96 Å². The molecule has 29 heavy (non-hydrogen) atoms. The zero-order valence-corrected chi connectivity index (χ0v) is 18.4. The van der Waals surface area contributed by atoms with Crippen LogP contribution < -0.4 is 14.8 Å². The second kappa shape index (κ2) is 10.7. The van der Waals surface area contributed by atoms with Crippen molar-refractivity contribution in [2.24, 2.45) is 10.9 Å². The second-order valence-electron chi connectivity index (χ2n) is 7.86. The van der Waals surface area contributed by atoms with Crippen molar-refractivity contribution < 1.29 is 14.2 Å². The average molecular weight is 405 g/mol. The molecule has 0 amide bonds. The molecule has 7 heteroatoms. The van der Waals surface area contributed by atoms with Crippen LogP contribution in [0.3, 0.4) is 0 Å². The van der Waals surface area contributed by atoms with E-state index in [9.17, 15) is 0 Å². The zero-order chi connectivity index (χ0) is 20.6. The molecular weight excluding hydrogens is 368 g/mol.